The van der Waals surface area contributed by atoms with E-state index in [0.29, 0.717) is 6.54 Å². The smallest absolute Gasteiger partial charge is 0.234 e. The normalized spacial score (nSPS) is 20.2. The molecule has 6 heteroatoms. The number of thioether (sulfide) groups is 2. The molecule has 3 nitrogen and oxygen atoms in total. The summed E-state index contributed by atoms with van der Waals surface area (Å²) in [6, 6.07) is 9.74. The lowest BCUT2D eigenvalue weighted by Gasteiger charge is -2.21. The molecule has 0 aliphatic carbocycles. The highest BCUT2D eigenvalue weighted by atomic mass is 35.5. The van der Waals surface area contributed by atoms with Crippen LogP contribution in [0.15, 0.2) is 30.3 Å². The minimum atomic E-state index is -0.128. The first kappa shape index (κ1) is 16.7. The van der Waals surface area contributed by atoms with E-state index in [4.69, 9.17) is 5.73 Å². The molecule has 1 aromatic carbocycles. The minimum Gasteiger partial charge on any atom is -0.353 e. The third-order valence-corrected chi connectivity index (χ3v) is 5.59. The van der Waals surface area contributed by atoms with Gasteiger partial charge in [0.25, 0.3) is 0 Å². The molecule has 1 heterocycles. The molecule has 1 aromatic rings. The van der Waals surface area contributed by atoms with Crippen LogP contribution < -0.4 is 11.1 Å². The number of amides is 1. The Morgan fingerprint density at radius 2 is 2.11 bits per heavy atom. The summed E-state index contributed by atoms with van der Waals surface area (Å²) >= 11 is 3.59. The van der Waals surface area contributed by atoms with Gasteiger partial charge >= 0.3 is 0 Å². The lowest BCUT2D eigenvalue weighted by atomic mass is 10.1. The monoisotopic (exact) mass is 318 g/mol. The first-order valence-electron chi connectivity index (χ1n) is 6.05. The number of benzene rings is 1. The molecule has 0 spiro atoms. The number of hydrogen-bond acceptors (Lipinski definition) is 4. The number of carbonyl (C=O) groups is 1. The minimum absolute atomic E-state index is 0. The molecular formula is C13H19ClN2OS2. The largest absolute Gasteiger partial charge is 0.353 e. The molecule has 1 aliphatic heterocycles. The van der Waals surface area contributed by atoms with Gasteiger partial charge in [-0.2, -0.15) is 11.8 Å². The molecule has 0 bridgehead atoms. The van der Waals surface area contributed by atoms with Crippen molar-refractivity contribution < 1.29 is 4.79 Å². The van der Waals surface area contributed by atoms with Crippen LogP contribution in [0.3, 0.4) is 0 Å². The van der Waals surface area contributed by atoms with E-state index in [2.05, 4.69) is 5.32 Å². The summed E-state index contributed by atoms with van der Waals surface area (Å²) in [7, 11) is 0. The Balaban J connectivity index is 0.00000180. The Bertz CT molecular complexity index is 385. The van der Waals surface area contributed by atoms with E-state index in [0.717, 1.165) is 22.8 Å². The Morgan fingerprint density at radius 1 is 1.37 bits per heavy atom. The standard InChI is InChI=1S/C13H18N2OS2.ClH/c14-11(10-4-2-1-3-5-10)8-15-13(16)12-9-17-6-7-18-12;/h1-5,11-12H,6-9,14H2,(H,15,16);1H. The van der Waals surface area contributed by atoms with E-state index >= 15 is 0 Å². The number of nitrogens with one attached hydrogen (secondary N) is 1. The van der Waals surface area contributed by atoms with Gasteiger partial charge in [-0.3, -0.25) is 4.79 Å². The topological polar surface area (TPSA) is 55.1 Å². The summed E-state index contributed by atoms with van der Waals surface area (Å²) in [5, 5.41) is 3.04. The maximum absolute atomic E-state index is 11.9. The lowest BCUT2D eigenvalue weighted by Crippen LogP contribution is -2.39. The SMILES string of the molecule is Cl.NC(CNC(=O)C1CSCCS1)c1ccccc1. The van der Waals surface area contributed by atoms with Gasteiger partial charge < -0.3 is 11.1 Å². The first-order valence-corrected chi connectivity index (χ1v) is 8.25. The molecule has 0 saturated carbocycles. The van der Waals surface area contributed by atoms with Gasteiger partial charge in [-0.15, -0.1) is 24.2 Å². The van der Waals surface area contributed by atoms with Gasteiger partial charge in [0.2, 0.25) is 5.91 Å². The summed E-state index contributed by atoms with van der Waals surface area (Å²) in [4.78, 5) is 11.9. The second-order valence-electron chi connectivity index (χ2n) is 4.20. The van der Waals surface area contributed by atoms with Gasteiger partial charge in [0.15, 0.2) is 0 Å². The van der Waals surface area contributed by atoms with Crippen molar-refractivity contribution in [2.24, 2.45) is 5.73 Å². The van der Waals surface area contributed by atoms with Crippen molar-refractivity contribution >= 4 is 41.8 Å². The zero-order valence-corrected chi connectivity index (χ0v) is 13.0. The van der Waals surface area contributed by atoms with Crippen molar-refractivity contribution in [1.29, 1.82) is 0 Å². The van der Waals surface area contributed by atoms with Crippen LogP contribution in [-0.2, 0) is 4.79 Å². The van der Waals surface area contributed by atoms with Gasteiger partial charge in [-0.1, -0.05) is 30.3 Å². The molecule has 1 aliphatic rings. The molecule has 106 valence electrons. The third kappa shape index (κ3) is 5.26. The first-order chi connectivity index (χ1) is 8.77. The molecule has 3 N–H and O–H groups in total. The van der Waals surface area contributed by atoms with Crippen LogP contribution in [0.5, 0.6) is 0 Å². The molecule has 1 saturated heterocycles. The fourth-order valence-corrected chi connectivity index (χ4v) is 4.36. The molecular weight excluding hydrogens is 300 g/mol. The van der Waals surface area contributed by atoms with Gasteiger partial charge in [-0.05, 0) is 5.56 Å². The Hall–Kier alpha value is -0.360. The van der Waals surface area contributed by atoms with E-state index in [9.17, 15) is 4.79 Å². The van der Waals surface area contributed by atoms with Gasteiger partial charge in [0.1, 0.15) is 0 Å². The summed E-state index contributed by atoms with van der Waals surface area (Å²) in [6.07, 6.45) is 0. The van der Waals surface area contributed by atoms with Gasteiger partial charge in [-0.25, -0.2) is 0 Å². The molecule has 0 radical (unpaired) electrons. The number of halogens is 1. The van der Waals surface area contributed by atoms with Crippen molar-refractivity contribution in [2.45, 2.75) is 11.3 Å². The predicted octanol–water partition coefficient (Wildman–Crippen LogP) is 2.07. The maximum atomic E-state index is 11.9. The molecule has 0 aromatic heterocycles. The number of rotatable bonds is 4. The average Bonchev–Trinajstić information content (AvgIpc) is 2.46. The second-order valence-corrected chi connectivity index (χ2v) is 6.66. The highest BCUT2D eigenvalue weighted by Gasteiger charge is 2.22. The highest BCUT2D eigenvalue weighted by molar-refractivity contribution is 8.07. The molecule has 2 unspecified atom stereocenters. The van der Waals surface area contributed by atoms with Crippen molar-refractivity contribution in [3.8, 4) is 0 Å². The summed E-state index contributed by atoms with van der Waals surface area (Å²) in [5.74, 6) is 3.25. The quantitative estimate of drug-likeness (QED) is 0.892. The predicted molar refractivity (Wildman–Crippen MR) is 87.2 cm³/mol. The van der Waals surface area contributed by atoms with Gasteiger partial charge in [0.05, 0.1) is 5.25 Å². The molecule has 2 atom stereocenters. The second kappa shape index (κ2) is 8.74. The van der Waals surface area contributed by atoms with Gasteiger partial charge in [0, 0.05) is 29.8 Å². The number of hydrogen-bond donors (Lipinski definition) is 2. The molecule has 1 amide bonds. The molecule has 1 fully saturated rings. The third-order valence-electron chi connectivity index (χ3n) is 2.83. The van der Waals surface area contributed by atoms with Crippen LogP contribution in [0.1, 0.15) is 11.6 Å². The highest BCUT2D eigenvalue weighted by Crippen LogP contribution is 2.24. The van der Waals surface area contributed by atoms with E-state index < -0.39 is 0 Å². The van der Waals surface area contributed by atoms with E-state index in [1.54, 1.807) is 11.8 Å². The fourth-order valence-electron chi connectivity index (χ4n) is 1.78. The van der Waals surface area contributed by atoms with Crippen LogP contribution in [0.4, 0.5) is 0 Å². The van der Waals surface area contributed by atoms with Crippen molar-refractivity contribution in [2.75, 3.05) is 23.8 Å². The van der Waals surface area contributed by atoms with Crippen LogP contribution in [-0.4, -0.2) is 35.0 Å². The number of carbonyl (C=O) groups excluding carboxylic acids is 1. The molecule has 2 rings (SSSR count). The fraction of sp³-hybridized carbons (Fsp3) is 0.462. The number of nitrogens with two attached hydrogens (primary N) is 1. The van der Waals surface area contributed by atoms with Crippen LogP contribution in [0.2, 0.25) is 0 Å². The van der Waals surface area contributed by atoms with Crippen molar-refractivity contribution in [3.63, 3.8) is 0 Å². The summed E-state index contributed by atoms with van der Waals surface area (Å²) < 4.78 is 0. The Labute approximate surface area is 128 Å². The van der Waals surface area contributed by atoms with Crippen LogP contribution in [0.25, 0.3) is 0 Å². The maximum Gasteiger partial charge on any atom is 0.234 e. The van der Waals surface area contributed by atoms with Crippen LogP contribution >= 0.6 is 35.9 Å². The van der Waals surface area contributed by atoms with E-state index in [-0.39, 0.29) is 29.6 Å². The summed E-state index contributed by atoms with van der Waals surface area (Å²) in [6.45, 7) is 0.505. The Morgan fingerprint density at radius 3 is 2.74 bits per heavy atom. The Kier molecular flexibility index (Phi) is 7.68. The van der Waals surface area contributed by atoms with E-state index in [1.165, 1.54) is 0 Å². The van der Waals surface area contributed by atoms with E-state index in [1.807, 2.05) is 42.1 Å². The zero-order chi connectivity index (χ0) is 12.8. The van der Waals surface area contributed by atoms with Crippen LogP contribution in [0, 0.1) is 0 Å². The van der Waals surface area contributed by atoms with Crippen molar-refractivity contribution in [3.05, 3.63) is 35.9 Å². The molecule has 19 heavy (non-hydrogen) atoms. The average molecular weight is 319 g/mol. The lowest BCUT2D eigenvalue weighted by molar-refractivity contribution is -0.120. The summed E-state index contributed by atoms with van der Waals surface area (Å²) in [5.41, 5.74) is 7.10. The zero-order valence-electron chi connectivity index (χ0n) is 10.6. The van der Waals surface area contributed by atoms with Crippen molar-refractivity contribution in [1.82, 2.24) is 5.32 Å².